The van der Waals surface area contributed by atoms with Gasteiger partial charge in [-0.05, 0) is 36.5 Å². The summed E-state index contributed by atoms with van der Waals surface area (Å²) in [5.41, 5.74) is 0. The van der Waals surface area contributed by atoms with Crippen molar-refractivity contribution in [3.05, 3.63) is 0 Å². The van der Waals surface area contributed by atoms with Crippen LogP contribution in [0.2, 0.25) is 0 Å². The first-order chi connectivity index (χ1) is 9.52. The number of hydrogen-bond acceptors (Lipinski definition) is 2. The molecule has 0 aromatic heterocycles. The summed E-state index contributed by atoms with van der Waals surface area (Å²) in [4.78, 5) is 0. The van der Waals surface area contributed by atoms with Crippen LogP contribution in [0.4, 0.5) is 0 Å². The first kappa shape index (κ1) is 22.2. The van der Waals surface area contributed by atoms with Crippen LogP contribution in [-0.2, 0) is 0 Å². The van der Waals surface area contributed by atoms with Crippen molar-refractivity contribution in [3.8, 4) is 0 Å². The van der Waals surface area contributed by atoms with Crippen LogP contribution in [-0.4, -0.2) is 45.8 Å². The molecule has 0 N–H and O–H groups in total. The zero-order valence-electron chi connectivity index (χ0n) is 16.1. The Morgan fingerprint density at radius 2 is 0.952 bits per heavy atom. The predicted octanol–water partition coefficient (Wildman–Crippen LogP) is 6.84. The molecular formula is C16H38N2P3-. The van der Waals surface area contributed by atoms with Crippen LogP contribution in [0, 0.1) is 0 Å². The number of rotatable bonds is 8. The minimum absolute atomic E-state index is 0.0522. The molecule has 0 unspecified atom stereocenters. The summed E-state index contributed by atoms with van der Waals surface area (Å²) in [6, 6.07) is 0. The van der Waals surface area contributed by atoms with Crippen molar-refractivity contribution in [2.24, 2.45) is 0 Å². The van der Waals surface area contributed by atoms with Gasteiger partial charge in [0.1, 0.15) is 0 Å². The molecule has 0 saturated carbocycles. The van der Waals surface area contributed by atoms with Crippen LogP contribution in [0.25, 0.3) is 0 Å². The SMILES string of the molecule is CCN(CC)P([P-]P(C(C)(C)C)C(C)(C)C)N(CC)CC. The van der Waals surface area contributed by atoms with Gasteiger partial charge in [-0.15, -0.1) is 7.91 Å². The molecule has 5 heteroatoms. The van der Waals surface area contributed by atoms with Crippen molar-refractivity contribution in [1.82, 2.24) is 9.34 Å². The van der Waals surface area contributed by atoms with Crippen molar-refractivity contribution in [1.29, 1.82) is 0 Å². The van der Waals surface area contributed by atoms with Crippen molar-refractivity contribution < 1.29 is 0 Å². The summed E-state index contributed by atoms with van der Waals surface area (Å²) in [5.74, 6) is 0. The third-order valence-electron chi connectivity index (χ3n) is 3.41. The first-order valence-corrected chi connectivity index (χ1v) is 13.2. The monoisotopic (exact) mass is 351 g/mol. The molecular weight excluding hydrogens is 313 g/mol. The molecule has 128 valence electrons. The van der Waals surface area contributed by atoms with Gasteiger partial charge in [0, 0.05) is 0 Å². The van der Waals surface area contributed by atoms with E-state index in [1.165, 1.54) is 26.2 Å². The van der Waals surface area contributed by atoms with Gasteiger partial charge < -0.3 is 7.96 Å². The van der Waals surface area contributed by atoms with E-state index in [0.717, 1.165) is 0 Å². The maximum absolute atomic E-state index is 2.71. The van der Waals surface area contributed by atoms with E-state index >= 15 is 0 Å². The molecule has 21 heavy (non-hydrogen) atoms. The second-order valence-electron chi connectivity index (χ2n) is 7.29. The molecule has 0 aliphatic carbocycles. The zero-order valence-corrected chi connectivity index (χ0v) is 18.7. The Labute approximate surface area is 139 Å². The standard InChI is InChI=1S/C16H38N2P3/c1-11-17(12-2)21(18(13-3)14-4)19-20(15(5,6)7)16(8,9)10/h11-14H2,1-10H3/q-1. The van der Waals surface area contributed by atoms with E-state index in [2.05, 4.69) is 78.6 Å². The molecule has 0 bridgehead atoms. The second-order valence-corrected chi connectivity index (χ2v) is 16.9. The molecule has 0 fully saturated rings. The molecule has 0 rings (SSSR count). The fourth-order valence-electron chi connectivity index (χ4n) is 2.60. The quantitative estimate of drug-likeness (QED) is 0.442. The normalized spacial score (nSPS) is 14.6. The van der Waals surface area contributed by atoms with Gasteiger partial charge in [0.25, 0.3) is 0 Å². The Morgan fingerprint density at radius 1 is 0.667 bits per heavy atom. The van der Waals surface area contributed by atoms with E-state index < -0.39 is 0 Å². The average Bonchev–Trinajstić information content (AvgIpc) is 2.34. The lowest BCUT2D eigenvalue weighted by atomic mass is 10.2. The van der Waals surface area contributed by atoms with E-state index in [1.807, 2.05) is 0 Å². The van der Waals surface area contributed by atoms with E-state index in [1.54, 1.807) is 7.96 Å². The van der Waals surface area contributed by atoms with Gasteiger partial charge in [-0.25, -0.2) is 0 Å². The number of hydrogen-bond donors (Lipinski definition) is 0. The lowest BCUT2D eigenvalue weighted by molar-refractivity contribution is 0.435. The average molecular weight is 351 g/mol. The van der Waals surface area contributed by atoms with E-state index in [-0.39, 0.29) is 15.5 Å². The van der Waals surface area contributed by atoms with Crippen LogP contribution in [0.5, 0.6) is 0 Å². The smallest absolute Gasteiger partial charge is 0.00194 e. The van der Waals surface area contributed by atoms with Crippen molar-refractivity contribution in [2.75, 3.05) is 26.2 Å². The van der Waals surface area contributed by atoms with Crippen LogP contribution in [0.3, 0.4) is 0 Å². The van der Waals surface area contributed by atoms with Crippen molar-refractivity contribution in [2.45, 2.75) is 79.5 Å². The van der Waals surface area contributed by atoms with Crippen LogP contribution in [0.1, 0.15) is 69.2 Å². The van der Waals surface area contributed by atoms with Crippen LogP contribution >= 0.6 is 23.5 Å². The van der Waals surface area contributed by atoms with Gasteiger partial charge in [0.05, 0.1) is 0 Å². The summed E-state index contributed by atoms with van der Waals surface area (Å²) in [7, 11) is 1.45. The first-order valence-electron chi connectivity index (χ1n) is 8.34. The maximum Gasteiger partial charge on any atom is -0.00194 e. The highest BCUT2D eigenvalue weighted by molar-refractivity contribution is 8.52. The van der Waals surface area contributed by atoms with Gasteiger partial charge in [-0.3, -0.25) is 17.0 Å². The highest BCUT2D eigenvalue weighted by atomic mass is 32.4. The fourth-order valence-corrected chi connectivity index (χ4v) is 19.5. The minimum Gasteiger partial charge on any atom is -0.441 e. The zero-order chi connectivity index (χ0) is 16.8. The molecule has 0 aliphatic heterocycles. The van der Waals surface area contributed by atoms with E-state index in [9.17, 15) is 0 Å². The summed E-state index contributed by atoms with van der Waals surface area (Å²) in [6.07, 6.45) is 0. The van der Waals surface area contributed by atoms with Gasteiger partial charge in [-0.2, -0.15) is 0 Å². The molecule has 0 heterocycles. The highest BCUT2D eigenvalue weighted by Crippen LogP contribution is 2.84. The predicted molar refractivity (Wildman–Crippen MR) is 106 cm³/mol. The summed E-state index contributed by atoms with van der Waals surface area (Å²) < 4.78 is 5.41. The van der Waals surface area contributed by atoms with Crippen molar-refractivity contribution in [3.63, 3.8) is 0 Å². The van der Waals surface area contributed by atoms with Gasteiger partial charge in [0.2, 0.25) is 0 Å². The maximum atomic E-state index is 2.71. The third kappa shape index (κ3) is 7.10. The highest BCUT2D eigenvalue weighted by Gasteiger charge is 2.28. The largest absolute Gasteiger partial charge is 0.441 e. The molecule has 0 aliphatic rings. The Hall–Kier alpha value is 1.21. The molecule has 0 amide bonds. The summed E-state index contributed by atoms with van der Waals surface area (Å²) >= 11 is 0. The Bertz CT molecular complexity index is 250. The lowest BCUT2D eigenvalue weighted by Crippen LogP contribution is -2.28. The van der Waals surface area contributed by atoms with Crippen LogP contribution < -0.4 is 0 Å². The molecule has 2 nitrogen and oxygen atoms in total. The minimum atomic E-state index is -0.188. The molecule has 0 aromatic carbocycles. The summed E-state index contributed by atoms with van der Waals surface area (Å²) in [5, 5.41) is 0.825. The van der Waals surface area contributed by atoms with Gasteiger partial charge in [-0.1, -0.05) is 69.2 Å². The Kier molecular flexibility index (Phi) is 10.0. The van der Waals surface area contributed by atoms with E-state index in [0.29, 0.717) is 10.3 Å². The lowest BCUT2D eigenvalue weighted by Gasteiger charge is -2.59. The van der Waals surface area contributed by atoms with Gasteiger partial charge >= 0.3 is 0 Å². The van der Waals surface area contributed by atoms with Crippen LogP contribution in [0.15, 0.2) is 0 Å². The third-order valence-corrected chi connectivity index (χ3v) is 17.6. The molecule has 0 atom stereocenters. The Balaban J connectivity index is 5.42. The fraction of sp³-hybridized carbons (Fsp3) is 1.00. The summed E-state index contributed by atoms with van der Waals surface area (Å²) in [6.45, 7) is 28.6. The molecule has 0 aromatic rings. The second kappa shape index (κ2) is 9.49. The topological polar surface area (TPSA) is 6.48 Å². The van der Waals surface area contributed by atoms with Crippen molar-refractivity contribution >= 4 is 23.5 Å². The molecule has 0 spiro atoms. The molecule has 0 radical (unpaired) electrons. The Morgan fingerprint density at radius 3 is 1.14 bits per heavy atom. The molecule has 0 saturated heterocycles. The van der Waals surface area contributed by atoms with E-state index in [4.69, 9.17) is 0 Å². The van der Waals surface area contributed by atoms with Gasteiger partial charge in [0.15, 0.2) is 0 Å². The number of nitrogens with zero attached hydrogens (tertiary/aromatic N) is 2.